The van der Waals surface area contributed by atoms with Crippen molar-refractivity contribution in [3.05, 3.63) is 57.3 Å². The third-order valence-electron chi connectivity index (χ3n) is 2.45. The minimum absolute atomic E-state index is 0.326. The zero-order valence-electron chi connectivity index (χ0n) is 10.2. The van der Waals surface area contributed by atoms with Crippen LogP contribution in [0.5, 0.6) is 0 Å². The SMILES string of the molecule is C=CC1=C(C(=C)Br)Sc2ccc(C(=O)OC)cc2S1. The van der Waals surface area contributed by atoms with Crippen LogP contribution in [0.2, 0.25) is 0 Å². The molecule has 0 saturated carbocycles. The van der Waals surface area contributed by atoms with Crippen LogP contribution in [0.15, 0.2) is 61.5 Å². The molecule has 19 heavy (non-hydrogen) atoms. The van der Waals surface area contributed by atoms with Crippen LogP contribution in [0, 0.1) is 0 Å². The quantitative estimate of drug-likeness (QED) is 0.715. The van der Waals surface area contributed by atoms with Gasteiger partial charge in [0.05, 0.1) is 12.7 Å². The number of rotatable bonds is 3. The largest absolute Gasteiger partial charge is 0.465 e. The lowest BCUT2D eigenvalue weighted by atomic mass is 10.2. The molecule has 1 aromatic carbocycles. The van der Waals surface area contributed by atoms with Crippen molar-refractivity contribution in [1.29, 1.82) is 0 Å². The highest BCUT2D eigenvalue weighted by molar-refractivity contribution is 9.12. The molecule has 0 radical (unpaired) electrons. The Bertz CT molecular complexity index is 605. The smallest absolute Gasteiger partial charge is 0.337 e. The summed E-state index contributed by atoms with van der Waals surface area (Å²) in [5, 5.41) is 0. The Morgan fingerprint density at radius 1 is 1.37 bits per heavy atom. The molecule has 1 aromatic rings. The average molecular weight is 355 g/mol. The van der Waals surface area contributed by atoms with Crippen molar-refractivity contribution in [1.82, 2.24) is 0 Å². The fourth-order valence-electron chi connectivity index (χ4n) is 1.57. The molecule has 0 amide bonds. The number of thioether (sulfide) groups is 2. The second-order valence-electron chi connectivity index (χ2n) is 3.66. The lowest BCUT2D eigenvalue weighted by Crippen LogP contribution is -2.02. The highest BCUT2D eigenvalue weighted by Gasteiger charge is 2.20. The summed E-state index contributed by atoms with van der Waals surface area (Å²) in [7, 11) is 1.38. The van der Waals surface area contributed by atoms with Gasteiger partial charge in [0, 0.05) is 24.1 Å². The van der Waals surface area contributed by atoms with E-state index in [1.165, 1.54) is 7.11 Å². The molecule has 98 valence electrons. The van der Waals surface area contributed by atoms with E-state index in [0.717, 1.165) is 24.1 Å². The minimum atomic E-state index is -0.326. The molecule has 0 N–H and O–H groups in total. The van der Waals surface area contributed by atoms with Gasteiger partial charge in [-0.3, -0.25) is 0 Å². The summed E-state index contributed by atoms with van der Waals surface area (Å²) in [6, 6.07) is 5.54. The Labute approximate surface area is 129 Å². The molecule has 1 aliphatic heterocycles. The predicted molar refractivity (Wildman–Crippen MR) is 84.8 cm³/mol. The van der Waals surface area contributed by atoms with Gasteiger partial charge in [0.15, 0.2) is 0 Å². The first-order valence-electron chi connectivity index (χ1n) is 5.36. The second kappa shape index (κ2) is 6.03. The highest BCUT2D eigenvalue weighted by atomic mass is 79.9. The van der Waals surface area contributed by atoms with Crippen molar-refractivity contribution in [2.45, 2.75) is 9.79 Å². The molecule has 0 spiro atoms. The standard InChI is InChI=1S/C14H11BrO2S2/c1-4-10-13(8(2)15)19-11-6-5-9(14(16)17-3)7-12(11)18-10/h4-7H,1-2H2,3H3. The van der Waals surface area contributed by atoms with Crippen LogP contribution < -0.4 is 0 Å². The summed E-state index contributed by atoms with van der Waals surface area (Å²) < 4.78 is 5.57. The van der Waals surface area contributed by atoms with Gasteiger partial charge >= 0.3 is 5.97 Å². The first kappa shape index (κ1) is 14.5. The van der Waals surface area contributed by atoms with E-state index < -0.39 is 0 Å². The van der Waals surface area contributed by atoms with E-state index in [1.54, 1.807) is 35.7 Å². The summed E-state index contributed by atoms with van der Waals surface area (Å²) in [6.45, 7) is 7.73. The molecule has 0 atom stereocenters. The summed E-state index contributed by atoms with van der Waals surface area (Å²) in [4.78, 5) is 15.7. The Morgan fingerprint density at radius 2 is 2.11 bits per heavy atom. The number of fused-ring (bicyclic) bond motifs is 1. The lowest BCUT2D eigenvalue weighted by molar-refractivity contribution is 0.0600. The summed E-state index contributed by atoms with van der Waals surface area (Å²) in [6.07, 6.45) is 1.80. The molecule has 2 nitrogen and oxygen atoms in total. The number of carbonyl (C=O) groups excluding carboxylic acids is 1. The molecule has 0 fully saturated rings. The number of methoxy groups -OCH3 is 1. The van der Waals surface area contributed by atoms with Crippen LogP contribution in [0.25, 0.3) is 0 Å². The van der Waals surface area contributed by atoms with E-state index in [9.17, 15) is 4.79 Å². The van der Waals surface area contributed by atoms with E-state index in [4.69, 9.17) is 4.74 Å². The predicted octanol–water partition coefficient (Wildman–Crippen LogP) is 4.98. The maximum atomic E-state index is 11.5. The topological polar surface area (TPSA) is 26.3 Å². The Hall–Kier alpha value is -0.910. The zero-order chi connectivity index (χ0) is 14.0. The van der Waals surface area contributed by atoms with Crippen LogP contribution in [0.1, 0.15) is 10.4 Å². The van der Waals surface area contributed by atoms with Gasteiger partial charge in [-0.1, -0.05) is 58.7 Å². The van der Waals surface area contributed by atoms with Crippen LogP contribution in [0.4, 0.5) is 0 Å². The number of benzene rings is 1. The van der Waals surface area contributed by atoms with Gasteiger partial charge in [-0.15, -0.1) is 0 Å². The number of hydrogen-bond acceptors (Lipinski definition) is 4. The summed E-state index contributed by atoms with van der Waals surface area (Å²) in [5.41, 5.74) is 0.555. The maximum absolute atomic E-state index is 11.5. The van der Waals surface area contributed by atoms with Gasteiger partial charge < -0.3 is 4.74 Å². The molecule has 0 saturated heterocycles. The number of carbonyl (C=O) groups is 1. The first-order valence-corrected chi connectivity index (χ1v) is 7.79. The highest BCUT2D eigenvalue weighted by Crippen LogP contribution is 2.50. The molecular formula is C14H11BrO2S2. The van der Waals surface area contributed by atoms with Crippen molar-refractivity contribution in [3.63, 3.8) is 0 Å². The van der Waals surface area contributed by atoms with Gasteiger partial charge in [-0.05, 0) is 18.2 Å². The molecule has 1 heterocycles. The third-order valence-corrected chi connectivity index (χ3v) is 5.76. The molecule has 0 aromatic heterocycles. The van der Waals surface area contributed by atoms with Gasteiger partial charge in [0.2, 0.25) is 0 Å². The second-order valence-corrected chi connectivity index (χ2v) is 6.75. The Kier molecular flexibility index (Phi) is 4.60. The summed E-state index contributed by atoms with van der Waals surface area (Å²) >= 11 is 6.60. The van der Waals surface area contributed by atoms with Gasteiger partial charge in [-0.25, -0.2) is 4.79 Å². The first-order chi connectivity index (χ1) is 9.06. The maximum Gasteiger partial charge on any atom is 0.337 e. The van der Waals surface area contributed by atoms with Crippen LogP contribution in [-0.2, 0) is 4.74 Å². The molecule has 0 aliphatic carbocycles. The fourth-order valence-corrected chi connectivity index (χ4v) is 4.35. The van der Waals surface area contributed by atoms with E-state index in [2.05, 4.69) is 29.1 Å². The Balaban J connectivity index is 2.42. The van der Waals surface area contributed by atoms with Crippen molar-refractivity contribution in [3.8, 4) is 0 Å². The van der Waals surface area contributed by atoms with Crippen LogP contribution in [0.3, 0.4) is 0 Å². The van der Waals surface area contributed by atoms with E-state index in [-0.39, 0.29) is 5.97 Å². The molecule has 0 unspecified atom stereocenters. The Morgan fingerprint density at radius 3 is 2.68 bits per heavy atom. The van der Waals surface area contributed by atoms with Gasteiger partial charge in [0.1, 0.15) is 0 Å². The number of allylic oxidation sites excluding steroid dienone is 2. The number of hydrogen-bond donors (Lipinski definition) is 0. The molecule has 1 aliphatic rings. The molecule has 2 rings (SSSR count). The van der Waals surface area contributed by atoms with Crippen molar-refractivity contribution < 1.29 is 9.53 Å². The van der Waals surface area contributed by atoms with Crippen molar-refractivity contribution >= 4 is 45.4 Å². The third kappa shape index (κ3) is 2.99. The van der Waals surface area contributed by atoms with E-state index in [0.29, 0.717) is 5.56 Å². The van der Waals surface area contributed by atoms with Crippen molar-refractivity contribution in [2.24, 2.45) is 0 Å². The van der Waals surface area contributed by atoms with Crippen molar-refractivity contribution in [2.75, 3.05) is 7.11 Å². The normalized spacial score (nSPS) is 13.8. The lowest BCUT2D eigenvalue weighted by Gasteiger charge is -2.20. The monoisotopic (exact) mass is 354 g/mol. The number of esters is 1. The summed E-state index contributed by atoms with van der Waals surface area (Å²) in [5.74, 6) is -0.326. The van der Waals surface area contributed by atoms with Crippen LogP contribution in [-0.4, -0.2) is 13.1 Å². The average Bonchev–Trinajstić information content (AvgIpc) is 2.44. The molecule has 5 heteroatoms. The minimum Gasteiger partial charge on any atom is -0.465 e. The van der Waals surface area contributed by atoms with E-state index in [1.807, 2.05) is 12.1 Å². The number of halogens is 1. The van der Waals surface area contributed by atoms with Gasteiger partial charge in [0.25, 0.3) is 0 Å². The van der Waals surface area contributed by atoms with Crippen LogP contribution >= 0.6 is 39.5 Å². The zero-order valence-corrected chi connectivity index (χ0v) is 13.5. The molecule has 0 bridgehead atoms. The molecular weight excluding hydrogens is 344 g/mol. The van der Waals surface area contributed by atoms with Gasteiger partial charge in [-0.2, -0.15) is 0 Å². The number of ether oxygens (including phenoxy) is 1. The fraction of sp³-hybridized carbons (Fsp3) is 0.0714. The van der Waals surface area contributed by atoms with E-state index >= 15 is 0 Å².